The molecular weight excluding hydrogens is 485 g/mol. The van der Waals surface area contributed by atoms with Crippen LogP contribution in [0, 0.1) is 12.7 Å². The number of halogens is 2. The van der Waals surface area contributed by atoms with E-state index >= 15 is 0 Å². The number of hydrogen-bond acceptors (Lipinski definition) is 5. The first-order valence-corrected chi connectivity index (χ1v) is 12.2. The normalized spacial score (nSPS) is 15.1. The van der Waals surface area contributed by atoms with Crippen LogP contribution in [0.4, 0.5) is 9.18 Å². The minimum atomic E-state index is -0.558. The number of ether oxygens (including phenoxy) is 1. The number of aryl methyl sites for hydroxylation is 1. The maximum absolute atomic E-state index is 14.6. The van der Waals surface area contributed by atoms with Gasteiger partial charge < -0.3 is 14.0 Å². The van der Waals surface area contributed by atoms with Crippen LogP contribution in [0.25, 0.3) is 27.7 Å². The van der Waals surface area contributed by atoms with Gasteiger partial charge in [0.15, 0.2) is 11.5 Å². The van der Waals surface area contributed by atoms with Crippen LogP contribution in [0.15, 0.2) is 41.7 Å². The van der Waals surface area contributed by atoms with Crippen molar-refractivity contribution in [1.82, 2.24) is 23.8 Å². The van der Waals surface area contributed by atoms with Crippen molar-refractivity contribution in [3.63, 3.8) is 0 Å². The highest BCUT2D eigenvalue weighted by Gasteiger charge is 2.28. The van der Waals surface area contributed by atoms with Gasteiger partial charge in [-0.1, -0.05) is 11.6 Å². The third kappa shape index (κ3) is 4.55. The van der Waals surface area contributed by atoms with Gasteiger partial charge in [0.05, 0.1) is 27.9 Å². The van der Waals surface area contributed by atoms with Gasteiger partial charge in [0, 0.05) is 37.1 Å². The molecular formula is C26H27ClFN5O3. The van der Waals surface area contributed by atoms with Gasteiger partial charge >= 0.3 is 6.09 Å². The Labute approximate surface area is 212 Å². The predicted octanol–water partition coefficient (Wildman–Crippen LogP) is 5.38. The molecule has 0 saturated carbocycles. The quantitative estimate of drug-likeness (QED) is 0.360. The number of carbonyl (C=O) groups excluding carboxylic acids is 1. The molecule has 1 fully saturated rings. The number of hydrogen-bond donors (Lipinski definition) is 0. The van der Waals surface area contributed by atoms with Crippen molar-refractivity contribution < 1.29 is 13.9 Å². The molecule has 0 N–H and O–H groups in total. The van der Waals surface area contributed by atoms with Crippen LogP contribution < -0.4 is 5.56 Å². The number of piperidine rings is 1. The zero-order valence-electron chi connectivity index (χ0n) is 20.6. The summed E-state index contributed by atoms with van der Waals surface area (Å²) in [6, 6.07) is 4.69. The average molecular weight is 512 g/mol. The third-order valence-electron chi connectivity index (χ3n) is 6.31. The lowest BCUT2D eigenvalue weighted by atomic mass is 10.0. The number of pyridine rings is 1. The Morgan fingerprint density at radius 3 is 2.56 bits per heavy atom. The highest BCUT2D eigenvalue weighted by atomic mass is 35.5. The largest absolute Gasteiger partial charge is 0.444 e. The Morgan fingerprint density at radius 2 is 1.86 bits per heavy atom. The van der Waals surface area contributed by atoms with E-state index in [1.54, 1.807) is 45.3 Å². The molecule has 1 aliphatic rings. The van der Waals surface area contributed by atoms with Crippen molar-refractivity contribution in [2.24, 2.45) is 0 Å². The average Bonchev–Trinajstić information content (AvgIpc) is 3.19. The number of benzene rings is 1. The highest BCUT2D eigenvalue weighted by Crippen LogP contribution is 2.30. The Kier molecular flexibility index (Phi) is 5.98. The summed E-state index contributed by atoms with van der Waals surface area (Å²) in [7, 11) is 0. The van der Waals surface area contributed by atoms with Gasteiger partial charge in [-0.25, -0.2) is 19.2 Å². The molecule has 36 heavy (non-hydrogen) atoms. The first-order valence-electron chi connectivity index (χ1n) is 11.8. The number of aromatic nitrogens is 4. The fraction of sp³-hybridized carbons (Fsp3) is 0.385. The zero-order valence-corrected chi connectivity index (χ0v) is 21.3. The minimum absolute atomic E-state index is 0.107. The topological polar surface area (TPSA) is 81.7 Å². The third-order valence-corrected chi connectivity index (χ3v) is 6.61. The number of amides is 1. The van der Waals surface area contributed by atoms with Crippen LogP contribution in [0.3, 0.4) is 0 Å². The maximum Gasteiger partial charge on any atom is 0.410 e. The molecule has 0 aliphatic carbocycles. The molecule has 1 amide bonds. The molecule has 1 aliphatic heterocycles. The van der Waals surface area contributed by atoms with Crippen molar-refractivity contribution in [3.05, 3.63) is 63.8 Å². The Balaban J connectivity index is 1.43. The molecule has 3 aromatic heterocycles. The van der Waals surface area contributed by atoms with Crippen LogP contribution in [0.1, 0.15) is 45.3 Å². The molecule has 4 aromatic rings. The molecule has 0 bridgehead atoms. The maximum atomic E-state index is 14.6. The van der Waals surface area contributed by atoms with E-state index in [0.717, 1.165) is 0 Å². The Bertz CT molecular complexity index is 1550. The van der Waals surface area contributed by atoms with E-state index < -0.39 is 11.4 Å². The number of carbonyl (C=O) groups is 1. The van der Waals surface area contributed by atoms with E-state index in [9.17, 15) is 14.0 Å². The predicted molar refractivity (Wildman–Crippen MR) is 136 cm³/mol. The molecule has 0 spiro atoms. The summed E-state index contributed by atoms with van der Waals surface area (Å²) >= 11 is 6.58. The summed E-state index contributed by atoms with van der Waals surface area (Å²) in [6.45, 7) is 8.27. The van der Waals surface area contributed by atoms with E-state index in [2.05, 4.69) is 9.97 Å². The van der Waals surface area contributed by atoms with Crippen molar-refractivity contribution in [2.75, 3.05) is 13.1 Å². The van der Waals surface area contributed by atoms with Crippen LogP contribution in [0.5, 0.6) is 0 Å². The summed E-state index contributed by atoms with van der Waals surface area (Å²) in [5.41, 5.74) is 1.85. The van der Waals surface area contributed by atoms with Gasteiger partial charge in [-0.15, -0.1) is 0 Å². The standard InChI is InChI=1S/C26H27ClFN5O3/c1-15-12-32-13-17(10-20(28)23(32)30-15)16-9-19(27)22-21(11-16)29-14-33(24(22)34)18-5-7-31(8-6-18)25(35)36-26(2,3)4/h9-14,18H,5-8H2,1-4H3. The molecule has 5 rings (SSSR count). The number of rotatable bonds is 2. The van der Waals surface area contributed by atoms with Crippen molar-refractivity contribution in [3.8, 4) is 11.1 Å². The molecule has 0 atom stereocenters. The van der Waals surface area contributed by atoms with Gasteiger partial charge in [-0.3, -0.25) is 9.36 Å². The summed E-state index contributed by atoms with van der Waals surface area (Å²) < 4.78 is 23.3. The molecule has 4 heterocycles. The first-order chi connectivity index (χ1) is 17.0. The molecule has 188 valence electrons. The monoisotopic (exact) mass is 511 g/mol. The van der Waals surface area contributed by atoms with Gasteiger partial charge in [-0.2, -0.15) is 0 Å². The lowest BCUT2D eigenvalue weighted by Gasteiger charge is -2.34. The molecule has 0 unspecified atom stereocenters. The number of fused-ring (bicyclic) bond motifs is 2. The van der Waals surface area contributed by atoms with Gasteiger partial charge in [-0.05, 0) is 64.3 Å². The van der Waals surface area contributed by atoms with E-state index in [-0.39, 0.29) is 28.4 Å². The Hall–Kier alpha value is -3.46. The van der Waals surface area contributed by atoms with Crippen molar-refractivity contribution in [2.45, 2.75) is 52.2 Å². The lowest BCUT2D eigenvalue weighted by Crippen LogP contribution is -2.43. The van der Waals surface area contributed by atoms with Gasteiger partial charge in [0.25, 0.3) is 5.56 Å². The lowest BCUT2D eigenvalue weighted by molar-refractivity contribution is 0.0187. The van der Waals surface area contributed by atoms with E-state index in [4.69, 9.17) is 16.3 Å². The SMILES string of the molecule is Cc1cn2cc(-c3cc(Cl)c4c(=O)n(C5CCN(C(=O)OC(C)(C)C)CC5)cnc4c3)cc(F)c2n1. The summed E-state index contributed by atoms with van der Waals surface area (Å²) in [4.78, 5) is 36.1. The zero-order chi connectivity index (χ0) is 25.8. The number of imidazole rings is 1. The minimum Gasteiger partial charge on any atom is -0.444 e. The molecule has 10 heteroatoms. The number of nitrogens with zero attached hydrogens (tertiary/aromatic N) is 5. The highest BCUT2D eigenvalue weighted by molar-refractivity contribution is 6.35. The number of likely N-dealkylation sites (tertiary alicyclic amines) is 1. The van der Waals surface area contributed by atoms with Crippen LogP contribution in [0.2, 0.25) is 5.02 Å². The second kappa shape index (κ2) is 8.89. The van der Waals surface area contributed by atoms with E-state index in [1.165, 1.54) is 12.4 Å². The van der Waals surface area contributed by atoms with Crippen LogP contribution in [-0.2, 0) is 4.74 Å². The van der Waals surface area contributed by atoms with Crippen LogP contribution >= 0.6 is 11.6 Å². The van der Waals surface area contributed by atoms with E-state index in [0.29, 0.717) is 53.7 Å². The van der Waals surface area contributed by atoms with Gasteiger partial charge in [0.1, 0.15) is 5.60 Å². The molecule has 1 saturated heterocycles. The van der Waals surface area contributed by atoms with Crippen LogP contribution in [-0.4, -0.2) is 48.6 Å². The fourth-order valence-electron chi connectivity index (χ4n) is 4.63. The van der Waals surface area contributed by atoms with Crippen molar-refractivity contribution in [1.29, 1.82) is 0 Å². The van der Waals surface area contributed by atoms with Crippen molar-refractivity contribution >= 4 is 34.2 Å². The summed E-state index contributed by atoms with van der Waals surface area (Å²) in [5.74, 6) is -0.446. The second-order valence-corrected chi connectivity index (χ2v) is 10.6. The molecule has 0 radical (unpaired) electrons. The summed E-state index contributed by atoms with van der Waals surface area (Å²) in [6.07, 6.45) is 5.91. The molecule has 8 nitrogen and oxygen atoms in total. The first kappa shape index (κ1) is 24.2. The van der Waals surface area contributed by atoms with Gasteiger partial charge in [0.2, 0.25) is 0 Å². The summed E-state index contributed by atoms with van der Waals surface area (Å²) in [5, 5.41) is 0.570. The van der Waals surface area contributed by atoms with E-state index in [1.807, 2.05) is 20.8 Å². The fourth-order valence-corrected chi connectivity index (χ4v) is 4.92. The second-order valence-electron chi connectivity index (χ2n) is 10.2. The molecule has 1 aromatic carbocycles. The smallest absolute Gasteiger partial charge is 0.410 e. The Morgan fingerprint density at radius 1 is 1.14 bits per heavy atom.